The Morgan fingerprint density at radius 1 is 1.44 bits per heavy atom. The van der Waals surface area contributed by atoms with Crippen molar-refractivity contribution in [2.24, 2.45) is 0 Å². The predicted octanol–water partition coefficient (Wildman–Crippen LogP) is 2.55. The number of hydrogen-bond acceptors (Lipinski definition) is 2. The highest BCUT2D eigenvalue weighted by atomic mass is 79.9. The lowest BCUT2D eigenvalue weighted by molar-refractivity contribution is 0.0697. The van der Waals surface area contributed by atoms with Gasteiger partial charge in [-0.05, 0) is 18.2 Å². The van der Waals surface area contributed by atoms with Crippen molar-refractivity contribution < 1.29 is 19.1 Å². The molecule has 1 rings (SSSR count). The highest BCUT2D eigenvalue weighted by molar-refractivity contribution is 9.11. The van der Waals surface area contributed by atoms with E-state index in [2.05, 4.69) is 33.1 Å². The molecule has 1 aromatic carbocycles. The summed E-state index contributed by atoms with van der Waals surface area (Å²) in [7, 11) is 0. The van der Waals surface area contributed by atoms with Crippen LogP contribution in [-0.4, -0.2) is 23.7 Å². The second-order valence-corrected chi connectivity index (χ2v) is 4.44. The first-order chi connectivity index (χ1) is 8.40. The summed E-state index contributed by atoms with van der Waals surface area (Å²) in [5, 5.41) is 13.6. The summed E-state index contributed by atoms with van der Waals surface area (Å²) in [6, 6.07) is 2.47. The van der Waals surface area contributed by atoms with E-state index in [1.165, 1.54) is 6.07 Å². The molecule has 96 valence electrons. The van der Waals surface area contributed by atoms with Crippen molar-refractivity contribution in [3.05, 3.63) is 40.6 Å². The average molecular weight is 317 g/mol. The van der Waals surface area contributed by atoms with Crippen LogP contribution in [0.1, 0.15) is 10.4 Å². The molecule has 0 fully saturated rings. The molecule has 18 heavy (non-hydrogen) atoms. The van der Waals surface area contributed by atoms with E-state index in [1.807, 2.05) is 0 Å². The molecular formula is C11H10BrFN2O3. The lowest BCUT2D eigenvalue weighted by Crippen LogP contribution is -2.30. The zero-order valence-electron chi connectivity index (χ0n) is 9.17. The molecule has 0 unspecified atom stereocenters. The molecule has 1 aromatic rings. The van der Waals surface area contributed by atoms with Crippen LogP contribution >= 0.6 is 15.9 Å². The van der Waals surface area contributed by atoms with Crippen LogP contribution in [0.15, 0.2) is 29.3 Å². The van der Waals surface area contributed by atoms with Gasteiger partial charge < -0.3 is 15.7 Å². The molecule has 0 aliphatic carbocycles. The Kier molecular flexibility index (Phi) is 4.85. The number of carbonyl (C=O) groups is 2. The fraction of sp³-hybridized carbons (Fsp3) is 0.0909. The minimum Gasteiger partial charge on any atom is -0.478 e. The third kappa shape index (κ3) is 4.17. The van der Waals surface area contributed by atoms with Gasteiger partial charge in [0.05, 0.1) is 17.8 Å². The minimum atomic E-state index is -1.32. The summed E-state index contributed by atoms with van der Waals surface area (Å²) in [6.07, 6.45) is 0. The van der Waals surface area contributed by atoms with Gasteiger partial charge in [0.25, 0.3) is 0 Å². The highest BCUT2D eigenvalue weighted by Gasteiger charge is 2.13. The van der Waals surface area contributed by atoms with Crippen molar-refractivity contribution in [3.63, 3.8) is 0 Å². The third-order valence-corrected chi connectivity index (χ3v) is 2.18. The zero-order valence-corrected chi connectivity index (χ0v) is 10.8. The van der Waals surface area contributed by atoms with E-state index in [-0.39, 0.29) is 17.8 Å². The molecule has 3 N–H and O–H groups in total. The number of nitrogens with one attached hydrogen (secondary N) is 2. The number of carbonyl (C=O) groups excluding carboxylic acids is 1. The monoisotopic (exact) mass is 316 g/mol. The van der Waals surface area contributed by atoms with Crippen LogP contribution in [0.3, 0.4) is 0 Å². The number of rotatable bonds is 4. The molecule has 0 aliphatic rings. The lowest BCUT2D eigenvalue weighted by Gasteiger charge is -2.09. The molecule has 2 amide bonds. The van der Waals surface area contributed by atoms with E-state index in [4.69, 9.17) is 5.11 Å². The van der Waals surface area contributed by atoms with Crippen LogP contribution in [-0.2, 0) is 0 Å². The summed E-state index contributed by atoms with van der Waals surface area (Å²) < 4.78 is 13.5. The molecule has 0 spiro atoms. The molecular weight excluding hydrogens is 307 g/mol. The van der Waals surface area contributed by atoms with Crippen LogP contribution in [0.25, 0.3) is 0 Å². The fourth-order valence-electron chi connectivity index (χ4n) is 1.15. The number of carboxylic acids is 1. The maximum atomic E-state index is 12.9. The van der Waals surface area contributed by atoms with Gasteiger partial charge in [-0.2, -0.15) is 0 Å². The largest absolute Gasteiger partial charge is 0.478 e. The van der Waals surface area contributed by atoms with Gasteiger partial charge in [-0.1, -0.05) is 22.5 Å². The molecule has 7 heteroatoms. The Balaban J connectivity index is 2.81. The number of amides is 2. The van der Waals surface area contributed by atoms with E-state index in [1.54, 1.807) is 0 Å². The van der Waals surface area contributed by atoms with Gasteiger partial charge in [0, 0.05) is 4.48 Å². The predicted molar refractivity (Wildman–Crippen MR) is 68.4 cm³/mol. The highest BCUT2D eigenvalue weighted by Crippen LogP contribution is 2.16. The summed E-state index contributed by atoms with van der Waals surface area (Å²) in [6.45, 7) is 3.71. The number of urea groups is 1. The van der Waals surface area contributed by atoms with Gasteiger partial charge in [0.15, 0.2) is 0 Å². The number of aromatic carboxylic acids is 1. The molecule has 0 bridgehead atoms. The maximum absolute atomic E-state index is 12.9. The fourth-order valence-corrected chi connectivity index (χ4v) is 1.29. The average Bonchev–Trinajstić information content (AvgIpc) is 2.28. The molecule has 5 nitrogen and oxygen atoms in total. The smallest absolute Gasteiger partial charge is 0.337 e. The maximum Gasteiger partial charge on any atom is 0.337 e. The normalized spacial score (nSPS) is 9.67. The molecule has 0 atom stereocenters. The number of benzene rings is 1. The van der Waals surface area contributed by atoms with Crippen molar-refractivity contribution in [1.29, 1.82) is 0 Å². The Hall–Kier alpha value is -1.89. The Morgan fingerprint density at radius 3 is 2.67 bits per heavy atom. The van der Waals surface area contributed by atoms with E-state index in [0.717, 1.165) is 12.1 Å². The number of anilines is 1. The Morgan fingerprint density at radius 2 is 2.11 bits per heavy atom. The van der Waals surface area contributed by atoms with Crippen LogP contribution < -0.4 is 10.6 Å². The van der Waals surface area contributed by atoms with Gasteiger partial charge in [-0.3, -0.25) is 0 Å². The Bertz CT molecular complexity index is 505. The van der Waals surface area contributed by atoms with E-state index in [9.17, 15) is 14.0 Å². The SMILES string of the molecule is C=C(Br)CNC(=O)Nc1ccc(F)cc1C(=O)O. The minimum absolute atomic E-state index is 0.0154. The van der Waals surface area contributed by atoms with Crippen LogP contribution in [0.2, 0.25) is 0 Å². The first-order valence-corrected chi connectivity index (χ1v) is 5.60. The van der Waals surface area contributed by atoms with E-state index >= 15 is 0 Å². The van der Waals surface area contributed by atoms with Gasteiger partial charge in [-0.15, -0.1) is 0 Å². The first kappa shape index (κ1) is 14.2. The van der Waals surface area contributed by atoms with Crippen LogP contribution in [0.4, 0.5) is 14.9 Å². The van der Waals surface area contributed by atoms with Crippen LogP contribution in [0, 0.1) is 5.82 Å². The summed E-state index contributed by atoms with van der Waals surface area (Å²) in [5.41, 5.74) is -0.301. The second-order valence-electron chi connectivity index (χ2n) is 3.32. The molecule has 0 saturated heterocycles. The second kappa shape index (κ2) is 6.15. The molecule has 0 aromatic heterocycles. The van der Waals surface area contributed by atoms with Gasteiger partial charge in [0.2, 0.25) is 0 Å². The lowest BCUT2D eigenvalue weighted by atomic mass is 10.2. The summed E-state index contributed by atoms with van der Waals surface area (Å²) >= 11 is 3.05. The van der Waals surface area contributed by atoms with Crippen molar-refractivity contribution in [3.8, 4) is 0 Å². The van der Waals surface area contributed by atoms with Crippen molar-refractivity contribution in [1.82, 2.24) is 5.32 Å². The first-order valence-electron chi connectivity index (χ1n) is 4.81. The van der Waals surface area contributed by atoms with Crippen molar-refractivity contribution in [2.45, 2.75) is 0 Å². The van der Waals surface area contributed by atoms with Crippen molar-refractivity contribution in [2.75, 3.05) is 11.9 Å². The topological polar surface area (TPSA) is 78.4 Å². The number of hydrogen-bond donors (Lipinski definition) is 3. The van der Waals surface area contributed by atoms with Gasteiger partial charge >= 0.3 is 12.0 Å². The zero-order chi connectivity index (χ0) is 13.7. The molecule has 0 aliphatic heterocycles. The molecule has 0 heterocycles. The molecule has 0 radical (unpaired) electrons. The standard InChI is InChI=1S/C11H10BrFN2O3/c1-6(12)5-14-11(18)15-9-3-2-7(13)4-8(9)10(16)17/h2-4H,1,5H2,(H,16,17)(H2,14,15,18). The Labute approximate surface area is 111 Å². The summed E-state index contributed by atoms with van der Waals surface area (Å²) in [5.74, 6) is -2.01. The van der Waals surface area contributed by atoms with Gasteiger partial charge in [-0.25, -0.2) is 14.0 Å². The van der Waals surface area contributed by atoms with Crippen molar-refractivity contribution >= 4 is 33.6 Å². The van der Waals surface area contributed by atoms with E-state index < -0.39 is 17.8 Å². The molecule has 0 saturated carbocycles. The third-order valence-electron chi connectivity index (χ3n) is 1.90. The van der Waals surface area contributed by atoms with Crippen LogP contribution in [0.5, 0.6) is 0 Å². The summed E-state index contributed by atoms with van der Waals surface area (Å²) in [4.78, 5) is 22.3. The number of carboxylic acid groups (broad SMARTS) is 1. The quantitative estimate of drug-likeness (QED) is 0.798. The van der Waals surface area contributed by atoms with Gasteiger partial charge in [0.1, 0.15) is 5.82 Å². The number of halogens is 2. The van der Waals surface area contributed by atoms with E-state index in [0.29, 0.717) is 4.48 Å².